The second-order valence-electron chi connectivity index (χ2n) is 4.94. The van der Waals surface area contributed by atoms with Crippen molar-refractivity contribution >= 4 is 16.5 Å². The molecule has 0 unspecified atom stereocenters. The van der Waals surface area contributed by atoms with Crippen molar-refractivity contribution in [3.05, 3.63) is 53.9 Å². The number of fused-ring (bicyclic) bond motifs is 1. The predicted molar refractivity (Wildman–Crippen MR) is 80.9 cm³/mol. The van der Waals surface area contributed by atoms with E-state index in [1.807, 2.05) is 50.5 Å². The van der Waals surface area contributed by atoms with Gasteiger partial charge in [-0.05, 0) is 23.8 Å². The fraction of sp³-hybridized carbons (Fsp3) is 0.188. The van der Waals surface area contributed by atoms with Gasteiger partial charge in [-0.1, -0.05) is 30.3 Å². The zero-order valence-corrected chi connectivity index (χ0v) is 11.6. The Morgan fingerprint density at radius 2 is 2.00 bits per heavy atom. The number of rotatable bonds is 3. The number of hydrogen-bond acceptors (Lipinski definition) is 3. The minimum Gasteiger partial charge on any atom is -0.508 e. The number of anilines is 1. The van der Waals surface area contributed by atoms with Gasteiger partial charge in [0.15, 0.2) is 0 Å². The molecule has 102 valence electrons. The molecule has 4 nitrogen and oxygen atoms in total. The smallest absolute Gasteiger partial charge is 0.121 e. The largest absolute Gasteiger partial charge is 0.508 e. The first-order valence-corrected chi connectivity index (χ1v) is 6.59. The van der Waals surface area contributed by atoms with Crippen LogP contribution in [-0.4, -0.2) is 14.9 Å². The highest BCUT2D eigenvalue weighted by molar-refractivity contribution is 5.87. The summed E-state index contributed by atoms with van der Waals surface area (Å²) in [6, 6.07) is 11.7. The number of phenols is 1. The minimum absolute atomic E-state index is 0.317. The highest BCUT2D eigenvalue weighted by atomic mass is 16.3. The molecule has 1 aromatic heterocycles. The first-order valence-electron chi connectivity index (χ1n) is 6.59. The maximum absolute atomic E-state index is 10.1. The van der Waals surface area contributed by atoms with Crippen molar-refractivity contribution in [3.63, 3.8) is 0 Å². The van der Waals surface area contributed by atoms with Gasteiger partial charge in [0, 0.05) is 25.4 Å². The first-order chi connectivity index (χ1) is 9.65. The van der Waals surface area contributed by atoms with E-state index in [2.05, 4.69) is 10.4 Å². The van der Waals surface area contributed by atoms with E-state index in [4.69, 9.17) is 0 Å². The fourth-order valence-corrected chi connectivity index (χ4v) is 2.47. The topological polar surface area (TPSA) is 50.1 Å². The summed E-state index contributed by atoms with van der Waals surface area (Å²) >= 11 is 0. The summed E-state index contributed by atoms with van der Waals surface area (Å²) < 4.78 is 1.78. The molecule has 0 saturated heterocycles. The Kier molecular flexibility index (Phi) is 3.06. The highest BCUT2D eigenvalue weighted by Gasteiger charge is 2.08. The maximum atomic E-state index is 10.1. The summed E-state index contributed by atoms with van der Waals surface area (Å²) in [5, 5.41) is 19.9. The summed E-state index contributed by atoms with van der Waals surface area (Å²) in [4.78, 5) is 0. The maximum Gasteiger partial charge on any atom is 0.121 e. The van der Waals surface area contributed by atoms with Crippen LogP contribution in [0.3, 0.4) is 0 Å². The number of phenolic OH excluding ortho intramolecular Hbond substituents is 1. The van der Waals surface area contributed by atoms with E-state index >= 15 is 0 Å². The Hall–Kier alpha value is -2.49. The molecule has 0 amide bonds. The highest BCUT2D eigenvalue weighted by Crippen LogP contribution is 2.28. The van der Waals surface area contributed by atoms with Gasteiger partial charge in [0.2, 0.25) is 0 Å². The van der Waals surface area contributed by atoms with Gasteiger partial charge in [-0.3, -0.25) is 4.68 Å². The van der Waals surface area contributed by atoms with Crippen molar-refractivity contribution < 1.29 is 5.11 Å². The van der Waals surface area contributed by atoms with Crippen LogP contribution in [0, 0.1) is 6.92 Å². The Balaban J connectivity index is 1.94. The van der Waals surface area contributed by atoms with Crippen LogP contribution in [0.15, 0.2) is 42.6 Å². The van der Waals surface area contributed by atoms with E-state index in [1.54, 1.807) is 10.7 Å². The number of nitrogens with zero attached hydrogens (tertiary/aromatic N) is 2. The average molecular weight is 267 g/mol. The lowest BCUT2D eigenvalue weighted by Gasteiger charge is -2.10. The van der Waals surface area contributed by atoms with Crippen molar-refractivity contribution in [1.29, 1.82) is 0 Å². The predicted octanol–water partition coefficient (Wildman–Crippen LogP) is 3.20. The minimum atomic E-state index is 0.317. The van der Waals surface area contributed by atoms with E-state index < -0.39 is 0 Å². The lowest BCUT2D eigenvalue weighted by Crippen LogP contribution is -2.01. The summed E-state index contributed by atoms with van der Waals surface area (Å²) in [7, 11) is 1.90. The lowest BCUT2D eigenvalue weighted by molar-refractivity contribution is 0.470. The summed E-state index contributed by atoms with van der Waals surface area (Å²) in [6.07, 6.45) is 1.94. The molecule has 4 heteroatoms. The second kappa shape index (κ2) is 4.89. The monoisotopic (exact) mass is 267 g/mol. The molecule has 0 atom stereocenters. The zero-order valence-electron chi connectivity index (χ0n) is 11.6. The van der Waals surface area contributed by atoms with Crippen LogP contribution in [0.4, 0.5) is 5.69 Å². The molecule has 0 spiro atoms. The molecule has 0 bridgehead atoms. The van der Waals surface area contributed by atoms with Gasteiger partial charge < -0.3 is 10.4 Å². The molecular weight excluding hydrogens is 250 g/mol. The molecule has 0 aliphatic carbocycles. The van der Waals surface area contributed by atoms with Crippen molar-refractivity contribution in [3.8, 4) is 5.75 Å². The lowest BCUT2D eigenvalue weighted by atomic mass is 10.0. The average Bonchev–Trinajstić information content (AvgIpc) is 2.76. The number of aromatic nitrogens is 2. The Morgan fingerprint density at radius 3 is 2.75 bits per heavy atom. The van der Waals surface area contributed by atoms with E-state index in [0.717, 1.165) is 27.7 Å². The van der Waals surface area contributed by atoms with Crippen LogP contribution >= 0.6 is 0 Å². The number of hydrogen-bond donors (Lipinski definition) is 2. The third-order valence-electron chi connectivity index (χ3n) is 3.48. The normalized spacial score (nSPS) is 10.9. The number of aryl methyl sites for hydroxylation is 2. The third-order valence-corrected chi connectivity index (χ3v) is 3.48. The molecule has 0 saturated carbocycles. The van der Waals surface area contributed by atoms with E-state index in [1.165, 1.54) is 0 Å². The number of benzene rings is 2. The molecule has 0 fully saturated rings. The van der Waals surface area contributed by atoms with Crippen LogP contribution in [0.5, 0.6) is 5.75 Å². The summed E-state index contributed by atoms with van der Waals surface area (Å²) in [6.45, 7) is 2.53. The zero-order chi connectivity index (χ0) is 14.1. The second-order valence-corrected chi connectivity index (χ2v) is 4.94. The van der Waals surface area contributed by atoms with Crippen LogP contribution in [0.2, 0.25) is 0 Å². The van der Waals surface area contributed by atoms with Crippen LogP contribution in [0.1, 0.15) is 11.3 Å². The summed E-state index contributed by atoms with van der Waals surface area (Å²) in [5.74, 6) is 0.317. The molecule has 0 aliphatic heterocycles. The molecule has 0 aliphatic rings. The SMILES string of the molecule is Cc1nn(C)cc1NCc1c(O)ccc2ccccc12. The van der Waals surface area contributed by atoms with E-state index in [-0.39, 0.29) is 0 Å². The van der Waals surface area contributed by atoms with Gasteiger partial charge in [0.1, 0.15) is 5.75 Å². The van der Waals surface area contributed by atoms with Gasteiger partial charge in [-0.15, -0.1) is 0 Å². The van der Waals surface area contributed by atoms with Gasteiger partial charge >= 0.3 is 0 Å². The Bertz CT molecular complexity index is 762. The quantitative estimate of drug-likeness (QED) is 0.766. The molecular formula is C16H17N3O. The molecule has 3 rings (SSSR count). The Morgan fingerprint density at radius 1 is 1.20 bits per heavy atom. The van der Waals surface area contributed by atoms with E-state index in [9.17, 15) is 5.11 Å². The van der Waals surface area contributed by atoms with E-state index in [0.29, 0.717) is 12.3 Å². The molecule has 2 aromatic carbocycles. The van der Waals surface area contributed by atoms with Crippen LogP contribution in [-0.2, 0) is 13.6 Å². The molecule has 3 aromatic rings. The fourth-order valence-electron chi connectivity index (χ4n) is 2.47. The van der Waals surface area contributed by atoms with Crippen molar-refractivity contribution in [2.24, 2.45) is 7.05 Å². The van der Waals surface area contributed by atoms with Crippen molar-refractivity contribution in [2.75, 3.05) is 5.32 Å². The number of nitrogens with one attached hydrogen (secondary N) is 1. The first kappa shape index (κ1) is 12.5. The van der Waals surface area contributed by atoms with Gasteiger partial charge in [-0.2, -0.15) is 5.10 Å². The summed E-state index contributed by atoms with van der Waals surface area (Å²) in [5.41, 5.74) is 2.85. The molecule has 2 N–H and O–H groups in total. The van der Waals surface area contributed by atoms with Crippen LogP contribution in [0.25, 0.3) is 10.8 Å². The molecule has 20 heavy (non-hydrogen) atoms. The number of aromatic hydroxyl groups is 1. The standard InChI is InChI=1S/C16H17N3O/c1-11-15(10-19(2)18-11)17-9-14-13-6-4-3-5-12(13)7-8-16(14)20/h3-8,10,17,20H,9H2,1-2H3. The Labute approximate surface area is 117 Å². The van der Waals surface area contributed by atoms with Crippen LogP contribution < -0.4 is 5.32 Å². The van der Waals surface area contributed by atoms with Gasteiger partial charge in [-0.25, -0.2) is 0 Å². The molecule has 1 heterocycles. The van der Waals surface area contributed by atoms with Crippen molar-refractivity contribution in [1.82, 2.24) is 9.78 Å². The van der Waals surface area contributed by atoms with Crippen molar-refractivity contribution in [2.45, 2.75) is 13.5 Å². The van der Waals surface area contributed by atoms with Gasteiger partial charge in [0.05, 0.1) is 11.4 Å². The third kappa shape index (κ3) is 2.20. The van der Waals surface area contributed by atoms with Gasteiger partial charge in [0.25, 0.3) is 0 Å². The molecule has 0 radical (unpaired) electrons.